The molecule has 10 heteroatoms. The van der Waals surface area contributed by atoms with Gasteiger partial charge in [-0.3, -0.25) is 0 Å². The number of hydrogen-bond donors (Lipinski definition) is 2. The van der Waals surface area contributed by atoms with Gasteiger partial charge < -0.3 is 10.1 Å². The topological polar surface area (TPSA) is 107 Å². The molecule has 0 bridgehead atoms. The number of benzene rings is 2. The Balaban J connectivity index is 1.92. The first-order valence-electron chi connectivity index (χ1n) is 8.73. The molecule has 3 N–H and O–H groups in total. The summed E-state index contributed by atoms with van der Waals surface area (Å²) in [6, 6.07) is 5.81. The molecule has 0 atom stereocenters. The van der Waals surface area contributed by atoms with E-state index in [1.807, 2.05) is 0 Å². The van der Waals surface area contributed by atoms with Crippen molar-refractivity contribution in [2.45, 2.75) is 19.8 Å². The number of nitrogens with one attached hydrogen (secondary N) is 1. The first-order chi connectivity index (χ1) is 13.7. The van der Waals surface area contributed by atoms with E-state index in [1.54, 1.807) is 19.1 Å². The van der Waals surface area contributed by atoms with Crippen LogP contribution in [0.3, 0.4) is 0 Å². The maximum absolute atomic E-state index is 14.9. The molecule has 3 rings (SSSR count). The Hall–Kier alpha value is -2.85. The molecule has 7 nitrogen and oxygen atoms in total. The van der Waals surface area contributed by atoms with E-state index in [4.69, 9.17) is 9.88 Å². The van der Waals surface area contributed by atoms with Gasteiger partial charge in [0.15, 0.2) is 5.82 Å². The molecule has 0 aliphatic carbocycles. The van der Waals surface area contributed by atoms with Crippen molar-refractivity contribution in [2.75, 3.05) is 18.2 Å². The summed E-state index contributed by atoms with van der Waals surface area (Å²) >= 11 is 0. The number of fused-ring (bicyclic) bond motifs is 1. The average molecular weight is 422 g/mol. The van der Waals surface area contributed by atoms with Gasteiger partial charge in [0.05, 0.1) is 30.1 Å². The predicted molar refractivity (Wildman–Crippen MR) is 107 cm³/mol. The third-order valence-corrected chi connectivity index (χ3v) is 5.24. The van der Waals surface area contributed by atoms with Crippen LogP contribution in [0.15, 0.2) is 30.5 Å². The van der Waals surface area contributed by atoms with Gasteiger partial charge in [0.2, 0.25) is 15.9 Å². The van der Waals surface area contributed by atoms with Crippen LogP contribution in [0.4, 0.5) is 20.2 Å². The summed E-state index contributed by atoms with van der Waals surface area (Å²) < 4.78 is 56.4. The molecule has 154 valence electrons. The molecule has 0 saturated carbocycles. The first kappa shape index (κ1) is 20.9. The Bertz CT molecular complexity index is 1170. The standard InChI is InChI=1S/C19H20F2N4O3S/c1-11-8-15-16(24-17(28-2)10-23-15)9-14(11)25-19-13(20)6-5-12(18(19)21)4-3-7-29(22,26)27/h5-6,8-10,25H,3-4,7H2,1-2H3,(H2,22,26,27). The van der Waals surface area contributed by atoms with Gasteiger partial charge in [-0.05, 0) is 49.1 Å². The minimum atomic E-state index is -3.64. The number of sulfonamides is 1. The lowest BCUT2D eigenvalue weighted by molar-refractivity contribution is 0.397. The monoisotopic (exact) mass is 422 g/mol. The molecule has 0 fully saturated rings. The minimum absolute atomic E-state index is 0.108. The lowest BCUT2D eigenvalue weighted by Gasteiger charge is -2.14. The summed E-state index contributed by atoms with van der Waals surface area (Å²) in [6.07, 6.45) is 1.72. The maximum Gasteiger partial charge on any atom is 0.232 e. The normalized spacial score (nSPS) is 11.6. The number of nitrogens with two attached hydrogens (primary N) is 1. The number of primary sulfonamides is 1. The van der Waals surface area contributed by atoms with Crippen molar-refractivity contribution in [3.63, 3.8) is 0 Å². The molecule has 0 aliphatic heterocycles. The summed E-state index contributed by atoms with van der Waals surface area (Å²) in [7, 11) is -2.17. The van der Waals surface area contributed by atoms with E-state index in [1.165, 1.54) is 19.4 Å². The molecule has 29 heavy (non-hydrogen) atoms. The highest BCUT2D eigenvalue weighted by Gasteiger charge is 2.16. The quantitative estimate of drug-likeness (QED) is 0.606. The number of methoxy groups -OCH3 is 1. The molecule has 0 amide bonds. The zero-order chi connectivity index (χ0) is 21.2. The lowest BCUT2D eigenvalue weighted by Crippen LogP contribution is -2.17. The van der Waals surface area contributed by atoms with Gasteiger partial charge in [0.25, 0.3) is 0 Å². The highest BCUT2D eigenvalue weighted by Crippen LogP contribution is 2.30. The van der Waals surface area contributed by atoms with Gasteiger partial charge in [-0.2, -0.15) is 0 Å². The van der Waals surface area contributed by atoms with Crippen LogP contribution in [-0.2, 0) is 16.4 Å². The molecular weight excluding hydrogens is 402 g/mol. The van der Waals surface area contributed by atoms with Crippen molar-refractivity contribution >= 4 is 32.4 Å². The molecule has 2 aromatic carbocycles. The van der Waals surface area contributed by atoms with Crippen molar-refractivity contribution < 1.29 is 21.9 Å². The Morgan fingerprint density at radius 3 is 2.66 bits per heavy atom. The van der Waals surface area contributed by atoms with E-state index in [0.29, 0.717) is 22.6 Å². The largest absolute Gasteiger partial charge is 0.480 e. The second-order valence-corrected chi connectivity index (χ2v) is 8.29. The zero-order valence-corrected chi connectivity index (χ0v) is 16.7. The van der Waals surface area contributed by atoms with Crippen molar-refractivity contribution in [3.8, 4) is 5.88 Å². The molecule has 3 aromatic rings. The number of rotatable bonds is 7. The van der Waals surface area contributed by atoms with Crippen LogP contribution in [0.1, 0.15) is 17.5 Å². The number of halogens is 2. The fourth-order valence-corrected chi connectivity index (χ4v) is 3.43. The SMILES string of the molecule is COc1cnc2cc(C)c(Nc3c(F)ccc(CCCS(N)(=O)=O)c3F)cc2n1. The number of aryl methyl sites for hydroxylation is 2. The second-order valence-electron chi connectivity index (χ2n) is 6.56. The fraction of sp³-hybridized carbons (Fsp3) is 0.263. The molecule has 0 unspecified atom stereocenters. The van der Waals surface area contributed by atoms with Gasteiger partial charge in [-0.1, -0.05) is 6.07 Å². The van der Waals surface area contributed by atoms with Gasteiger partial charge in [0, 0.05) is 5.69 Å². The molecule has 0 radical (unpaired) electrons. The lowest BCUT2D eigenvalue weighted by atomic mass is 10.1. The molecule has 0 aliphatic rings. The molecular formula is C19H20F2N4O3S. The van der Waals surface area contributed by atoms with Crippen LogP contribution >= 0.6 is 0 Å². The van der Waals surface area contributed by atoms with Crippen LogP contribution in [0.5, 0.6) is 5.88 Å². The minimum Gasteiger partial charge on any atom is -0.480 e. The third-order valence-electron chi connectivity index (χ3n) is 4.38. The van der Waals surface area contributed by atoms with E-state index in [9.17, 15) is 17.2 Å². The molecule has 0 saturated heterocycles. The van der Waals surface area contributed by atoms with Crippen molar-refractivity contribution in [1.29, 1.82) is 0 Å². The predicted octanol–water partition coefficient (Wildman–Crippen LogP) is 3.19. The van der Waals surface area contributed by atoms with Crippen LogP contribution < -0.4 is 15.2 Å². The smallest absolute Gasteiger partial charge is 0.232 e. The number of anilines is 2. The van der Waals surface area contributed by atoms with E-state index < -0.39 is 21.7 Å². The van der Waals surface area contributed by atoms with Crippen molar-refractivity contribution in [3.05, 3.63) is 53.2 Å². The summed E-state index contributed by atoms with van der Waals surface area (Å²) in [5.41, 5.74) is 2.16. The summed E-state index contributed by atoms with van der Waals surface area (Å²) in [5.74, 6) is -1.51. The summed E-state index contributed by atoms with van der Waals surface area (Å²) in [6.45, 7) is 1.78. The number of ether oxygens (including phenoxy) is 1. The van der Waals surface area contributed by atoms with Crippen LogP contribution in [0.2, 0.25) is 0 Å². The average Bonchev–Trinajstić information content (AvgIpc) is 2.66. The third kappa shape index (κ3) is 4.96. The molecule has 0 spiro atoms. The van der Waals surface area contributed by atoms with Gasteiger partial charge in [-0.25, -0.2) is 32.3 Å². The Morgan fingerprint density at radius 2 is 1.97 bits per heavy atom. The van der Waals surface area contributed by atoms with Crippen LogP contribution in [0.25, 0.3) is 11.0 Å². The van der Waals surface area contributed by atoms with Crippen LogP contribution in [0, 0.1) is 18.6 Å². The highest BCUT2D eigenvalue weighted by molar-refractivity contribution is 7.89. The summed E-state index contributed by atoms with van der Waals surface area (Å²) in [5, 5.41) is 7.75. The Labute approximate surface area is 167 Å². The van der Waals surface area contributed by atoms with Crippen molar-refractivity contribution in [2.24, 2.45) is 5.14 Å². The van der Waals surface area contributed by atoms with Crippen molar-refractivity contribution in [1.82, 2.24) is 9.97 Å². The second kappa shape index (κ2) is 8.26. The van der Waals surface area contributed by atoms with E-state index >= 15 is 0 Å². The Kier molecular flexibility index (Phi) is 5.94. The number of hydrogen-bond acceptors (Lipinski definition) is 6. The molecule has 1 aromatic heterocycles. The van der Waals surface area contributed by atoms with Gasteiger partial charge in [-0.15, -0.1) is 0 Å². The van der Waals surface area contributed by atoms with E-state index in [-0.39, 0.29) is 29.8 Å². The van der Waals surface area contributed by atoms with E-state index in [2.05, 4.69) is 15.3 Å². The van der Waals surface area contributed by atoms with E-state index in [0.717, 1.165) is 11.6 Å². The molecule has 1 heterocycles. The number of nitrogens with zero attached hydrogens (tertiary/aromatic N) is 2. The van der Waals surface area contributed by atoms with Crippen LogP contribution in [-0.4, -0.2) is 31.2 Å². The van der Waals surface area contributed by atoms with Gasteiger partial charge >= 0.3 is 0 Å². The van der Waals surface area contributed by atoms with Gasteiger partial charge in [0.1, 0.15) is 11.5 Å². The fourth-order valence-electron chi connectivity index (χ4n) is 2.88. The highest BCUT2D eigenvalue weighted by atomic mass is 32.2. The first-order valence-corrected chi connectivity index (χ1v) is 10.5. The number of aromatic nitrogens is 2. The Morgan fingerprint density at radius 1 is 1.21 bits per heavy atom. The summed E-state index contributed by atoms with van der Waals surface area (Å²) in [4.78, 5) is 8.52. The maximum atomic E-state index is 14.9. The zero-order valence-electron chi connectivity index (χ0n) is 15.9.